The number of halogens is 1. The van der Waals surface area contributed by atoms with Gasteiger partial charge < -0.3 is 10.0 Å². The van der Waals surface area contributed by atoms with Crippen molar-refractivity contribution < 1.29 is 5.11 Å². The minimum absolute atomic E-state index is 0.323. The molecule has 1 aromatic carbocycles. The first-order valence-corrected chi connectivity index (χ1v) is 6.12. The van der Waals surface area contributed by atoms with Crippen LogP contribution in [0.4, 0.5) is 5.69 Å². The van der Waals surface area contributed by atoms with Gasteiger partial charge in [-0.05, 0) is 30.5 Å². The third-order valence-electron chi connectivity index (χ3n) is 3.34. The number of rotatable bonds is 1. The van der Waals surface area contributed by atoms with Crippen molar-refractivity contribution in [1.82, 2.24) is 0 Å². The number of β-amino-alcohol motifs (C(OH)–C–C–N with tert-alkyl or cyclic N) is 1. The van der Waals surface area contributed by atoms with Gasteiger partial charge in [0, 0.05) is 18.1 Å². The Hall–Kier alpha value is -1.24. The van der Waals surface area contributed by atoms with Crippen molar-refractivity contribution >= 4 is 17.3 Å². The highest BCUT2D eigenvalue weighted by atomic mass is 35.5. The Kier molecular flexibility index (Phi) is 3.56. The second-order valence-electron chi connectivity index (χ2n) is 4.55. The van der Waals surface area contributed by atoms with Crippen molar-refractivity contribution in [2.24, 2.45) is 5.92 Å². The quantitative estimate of drug-likeness (QED) is 0.833. The number of piperidine rings is 1. The maximum atomic E-state index is 9.88. The summed E-state index contributed by atoms with van der Waals surface area (Å²) in [6.07, 6.45) is 0.611. The lowest BCUT2D eigenvalue weighted by Gasteiger charge is -2.36. The zero-order chi connectivity index (χ0) is 12.4. The highest BCUT2D eigenvalue weighted by Crippen LogP contribution is 2.28. The molecule has 0 saturated carbocycles. The molecule has 0 bridgehead atoms. The van der Waals surface area contributed by atoms with Crippen LogP contribution in [0.3, 0.4) is 0 Å². The van der Waals surface area contributed by atoms with E-state index in [0.717, 1.165) is 18.7 Å². The van der Waals surface area contributed by atoms with E-state index in [1.165, 1.54) is 0 Å². The summed E-state index contributed by atoms with van der Waals surface area (Å²) < 4.78 is 0. The topological polar surface area (TPSA) is 47.3 Å². The van der Waals surface area contributed by atoms with Crippen LogP contribution in [0.2, 0.25) is 5.02 Å². The molecule has 0 spiro atoms. The van der Waals surface area contributed by atoms with E-state index in [9.17, 15) is 5.11 Å². The van der Waals surface area contributed by atoms with Crippen LogP contribution in [0.25, 0.3) is 0 Å². The molecule has 0 amide bonds. The van der Waals surface area contributed by atoms with Crippen LogP contribution in [0, 0.1) is 17.2 Å². The van der Waals surface area contributed by atoms with Gasteiger partial charge in [-0.25, -0.2) is 0 Å². The van der Waals surface area contributed by atoms with Gasteiger partial charge in [-0.15, -0.1) is 0 Å². The molecule has 4 heteroatoms. The van der Waals surface area contributed by atoms with Gasteiger partial charge in [0.25, 0.3) is 0 Å². The minimum atomic E-state index is -0.328. The normalized spacial score (nSPS) is 24.5. The van der Waals surface area contributed by atoms with Crippen LogP contribution in [0.5, 0.6) is 0 Å². The van der Waals surface area contributed by atoms with Crippen molar-refractivity contribution in [3.8, 4) is 6.07 Å². The Morgan fingerprint density at radius 1 is 1.53 bits per heavy atom. The van der Waals surface area contributed by atoms with Crippen LogP contribution < -0.4 is 4.90 Å². The zero-order valence-corrected chi connectivity index (χ0v) is 10.5. The average Bonchev–Trinajstić information content (AvgIpc) is 2.32. The average molecular weight is 251 g/mol. The summed E-state index contributed by atoms with van der Waals surface area (Å²) in [5, 5.41) is 19.5. The first-order chi connectivity index (χ1) is 8.11. The van der Waals surface area contributed by atoms with E-state index in [1.54, 1.807) is 12.1 Å². The van der Waals surface area contributed by atoms with Crippen molar-refractivity contribution in [3.05, 3.63) is 28.8 Å². The van der Waals surface area contributed by atoms with Gasteiger partial charge in [0.1, 0.15) is 6.07 Å². The number of nitrogens with zero attached hydrogens (tertiary/aromatic N) is 2. The lowest BCUT2D eigenvalue weighted by molar-refractivity contribution is 0.103. The molecule has 90 valence electrons. The van der Waals surface area contributed by atoms with Gasteiger partial charge in [-0.3, -0.25) is 0 Å². The van der Waals surface area contributed by atoms with E-state index < -0.39 is 0 Å². The Morgan fingerprint density at radius 2 is 2.29 bits per heavy atom. The van der Waals surface area contributed by atoms with Crippen molar-refractivity contribution in [1.29, 1.82) is 5.26 Å². The van der Waals surface area contributed by atoms with E-state index in [0.29, 0.717) is 23.0 Å². The molecule has 2 rings (SSSR count). The Bertz CT molecular complexity index is 455. The van der Waals surface area contributed by atoms with E-state index in [1.807, 2.05) is 6.07 Å². The molecule has 0 aliphatic carbocycles. The van der Waals surface area contributed by atoms with E-state index >= 15 is 0 Å². The molecule has 0 aromatic heterocycles. The molecule has 2 atom stereocenters. The number of hydrogen-bond acceptors (Lipinski definition) is 3. The molecular weight excluding hydrogens is 236 g/mol. The molecular formula is C13H15ClN2O. The fraction of sp³-hybridized carbons (Fsp3) is 0.462. The van der Waals surface area contributed by atoms with Crippen LogP contribution >= 0.6 is 11.6 Å². The Morgan fingerprint density at radius 3 is 2.94 bits per heavy atom. The minimum Gasteiger partial charge on any atom is -0.391 e. The number of aliphatic hydroxyl groups is 1. The molecule has 0 radical (unpaired) electrons. The zero-order valence-electron chi connectivity index (χ0n) is 9.73. The van der Waals surface area contributed by atoms with Crippen LogP contribution in [-0.2, 0) is 0 Å². The van der Waals surface area contributed by atoms with E-state index in [2.05, 4.69) is 17.9 Å². The number of hydrogen-bond donors (Lipinski definition) is 1. The first-order valence-electron chi connectivity index (χ1n) is 5.74. The Labute approximate surface area is 106 Å². The highest BCUT2D eigenvalue weighted by Gasteiger charge is 2.25. The highest BCUT2D eigenvalue weighted by molar-refractivity contribution is 6.30. The number of benzene rings is 1. The SMILES string of the molecule is C[C@@H]1CCN(c2ccc(Cl)cc2C#N)C[C@@H]1O. The molecule has 1 fully saturated rings. The summed E-state index contributed by atoms with van der Waals surface area (Å²) in [6, 6.07) is 7.45. The van der Waals surface area contributed by atoms with Gasteiger partial charge >= 0.3 is 0 Å². The molecule has 1 saturated heterocycles. The van der Waals surface area contributed by atoms with E-state index in [4.69, 9.17) is 16.9 Å². The second-order valence-corrected chi connectivity index (χ2v) is 4.99. The predicted molar refractivity (Wildman–Crippen MR) is 68.2 cm³/mol. The van der Waals surface area contributed by atoms with Crippen molar-refractivity contribution in [2.75, 3.05) is 18.0 Å². The largest absolute Gasteiger partial charge is 0.391 e. The molecule has 3 nitrogen and oxygen atoms in total. The molecule has 1 aliphatic heterocycles. The maximum Gasteiger partial charge on any atom is 0.101 e. The van der Waals surface area contributed by atoms with Crippen LogP contribution in [0.15, 0.2) is 18.2 Å². The molecule has 1 N–H and O–H groups in total. The summed E-state index contributed by atoms with van der Waals surface area (Å²) in [5.41, 5.74) is 1.43. The summed E-state index contributed by atoms with van der Waals surface area (Å²) in [5.74, 6) is 0.323. The predicted octanol–water partition coefficient (Wildman–Crippen LogP) is 2.42. The van der Waals surface area contributed by atoms with Gasteiger partial charge in [-0.2, -0.15) is 5.26 Å². The van der Waals surface area contributed by atoms with Gasteiger partial charge in [0.05, 0.1) is 17.4 Å². The lowest BCUT2D eigenvalue weighted by atomic mass is 9.95. The Balaban J connectivity index is 2.26. The summed E-state index contributed by atoms with van der Waals surface area (Å²) >= 11 is 5.87. The van der Waals surface area contributed by atoms with Crippen LogP contribution in [-0.4, -0.2) is 24.3 Å². The standard InChI is InChI=1S/C13H15ClN2O/c1-9-4-5-16(8-13(9)17)12-3-2-11(14)6-10(12)7-15/h2-3,6,9,13,17H,4-5,8H2,1H3/t9-,13+/m1/s1. The maximum absolute atomic E-state index is 9.88. The molecule has 1 heterocycles. The number of anilines is 1. The monoisotopic (exact) mass is 250 g/mol. The molecule has 1 aromatic rings. The lowest BCUT2D eigenvalue weighted by Crippen LogP contribution is -2.43. The summed E-state index contributed by atoms with van der Waals surface area (Å²) in [4.78, 5) is 2.06. The smallest absolute Gasteiger partial charge is 0.101 e. The first kappa shape index (κ1) is 12.2. The van der Waals surface area contributed by atoms with Gasteiger partial charge in [-0.1, -0.05) is 18.5 Å². The fourth-order valence-corrected chi connectivity index (χ4v) is 2.31. The third kappa shape index (κ3) is 2.54. The number of aliphatic hydroxyl groups excluding tert-OH is 1. The number of nitriles is 1. The summed E-state index contributed by atoms with van der Waals surface area (Å²) in [7, 11) is 0. The second kappa shape index (κ2) is 4.95. The van der Waals surface area contributed by atoms with Crippen LogP contribution in [0.1, 0.15) is 18.9 Å². The fourth-order valence-electron chi connectivity index (χ4n) is 2.14. The summed E-state index contributed by atoms with van der Waals surface area (Å²) in [6.45, 7) is 3.50. The third-order valence-corrected chi connectivity index (χ3v) is 3.57. The van der Waals surface area contributed by atoms with E-state index in [-0.39, 0.29) is 6.10 Å². The van der Waals surface area contributed by atoms with Crippen molar-refractivity contribution in [2.45, 2.75) is 19.4 Å². The van der Waals surface area contributed by atoms with Crippen molar-refractivity contribution in [3.63, 3.8) is 0 Å². The molecule has 17 heavy (non-hydrogen) atoms. The van der Waals surface area contributed by atoms with Gasteiger partial charge in [0.15, 0.2) is 0 Å². The molecule has 1 aliphatic rings. The van der Waals surface area contributed by atoms with Gasteiger partial charge in [0.2, 0.25) is 0 Å². The molecule has 0 unspecified atom stereocenters.